The van der Waals surface area contributed by atoms with E-state index in [4.69, 9.17) is 0 Å². The zero-order chi connectivity index (χ0) is 9.47. The molecule has 0 aliphatic heterocycles. The van der Waals surface area contributed by atoms with Gasteiger partial charge in [-0.1, -0.05) is 5.21 Å². The summed E-state index contributed by atoms with van der Waals surface area (Å²) in [4.78, 5) is 8.24. The Hall–Kier alpha value is -1.52. The standard InChI is InChI=1S/C8H11N5/c1-8(2,3)13-7-6(11-12-13)9-4-5-10-7/h4-5H,1-3H3. The first-order valence-corrected chi connectivity index (χ1v) is 4.12. The largest absolute Gasteiger partial charge is 0.232 e. The summed E-state index contributed by atoms with van der Waals surface area (Å²) in [7, 11) is 0. The van der Waals surface area contributed by atoms with Crippen molar-refractivity contribution in [1.29, 1.82) is 0 Å². The van der Waals surface area contributed by atoms with E-state index in [2.05, 4.69) is 41.1 Å². The topological polar surface area (TPSA) is 56.5 Å². The number of nitrogens with zero attached hydrogens (tertiary/aromatic N) is 5. The number of aromatic nitrogens is 5. The summed E-state index contributed by atoms with van der Waals surface area (Å²) in [6.45, 7) is 6.15. The average Bonchev–Trinajstić information content (AvgIpc) is 2.45. The van der Waals surface area contributed by atoms with Crippen LogP contribution in [0.15, 0.2) is 12.4 Å². The van der Waals surface area contributed by atoms with Crippen molar-refractivity contribution in [2.45, 2.75) is 26.3 Å². The van der Waals surface area contributed by atoms with Crippen LogP contribution in [-0.4, -0.2) is 25.0 Å². The maximum Gasteiger partial charge on any atom is 0.221 e. The van der Waals surface area contributed by atoms with Crippen LogP contribution in [0.3, 0.4) is 0 Å². The number of hydrogen-bond acceptors (Lipinski definition) is 4. The number of hydrogen-bond donors (Lipinski definition) is 0. The van der Waals surface area contributed by atoms with Gasteiger partial charge in [0.25, 0.3) is 0 Å². The molecule has 0 amide bonds. The predicted octanol–water partition coefficient (Wildman–Crippen LogP) is 0.976. The minimum atomic E-state index is -0.106. The molecule has 0 radical (unpaired) electrons. The van der Waals surface area contributed by atoms with E-state index in [1.54, 1.807) is 17.1 Å². The van der Waals surface area contributed by atoms with Crippen molar-refractivity contribution in [2.75, 3.05) is 0 Å². The summed E-state index contributed by atoms with van der Waals surface area (Å²) >= 11 is 0. The van der Waals surface area contributed by atoms with Crippen LogP contribution in [0.1, 0.15) is 20.8 Å². The van der Waals surface area contributed by atoms with Crippen molar-refractivity contribution in [3.8, 4) is 0 Å². The Kier molecular flexibility index (Phi) is 1.55. The van der Waals surface area contributed by atoms with Crippen LogP contribution in [0, 0.1) is 0 Å². The molecule has 5 nitrogen and oxygen atoms in total. The van der Waals surface area contributed by atoms with Gasteiger partial charge in [0.15, 0.2) is 5.65 Å². The highest BCUT2D eigenvalue weighted by Crippen LogP contribution is 2.16. The van der Waals surface area contributed by atoms with Gasteiger partial charge in [0, 0.05) is 12.4 Å². The SMILES string of the molecule is CC(C)(C)n1nnc2nccnc21. The molecule has 0 spiro atoms. The van der Waals surface area contributed by atoms with Crippen LogP contribution in [0.4, 0.5) is 0 Å². The molecule has 0 aliphatic rings. The summed E-state index contributed by atoms with van der Waals surface area (Å²) < 4.78 is 1.77. The van der Waals surface area contributed by atoms with Crippen LogP contribution >= 0.6 is 0 Å². The molecule has 0 bridgehead atoms. The average molecular weight is 177 g/mol. The van der Waals surface area contributed by atoms with Gasteiger partial charge in [-0.05, 0) is 20.8 Å². The zero-order valence-corrected chi connectivity index (χ0v) is 7.89. The first-order valence-electron chi connectivity index (χ1n) is 4.12. The van der Waals surface area contributed by atoms with E-state index in [1.165, 1.54) is 0 Å². The fourth-order valence-electron chi connectivity index (χ4n) is 1.12. The van der Waals surface area contributed by atoms with E-state index < -0.39 is 0 Å². The van der Waals surface area contributed by atoms with Gasteiger partial charge in [0.05, 0.1) is 5.54 Å². The third-order valence-corrected chi connectivity index (χ3v) is 1.73. The fraction of sp³-hybridized carbons (Fsp3) is 0.500. The van der Waals surface area contributed by atoms with Crippen molar-refractivity contribution in [3.63, 3.8) is 0 Å². The third kappa shape index (κ3) is 1.26. The molecule has 2 rings (SSSR count). The molecule has 0 aliphatic carbocycles. The molecular formula is C8H11N5. The van der Waals surface area contributed by atoms with Gasteiger partial charge in [0.2, 0.25) is 5.65 Å². The fourth-order valence-corrected chi connectivity index (χ4v) is 1.12. The minimum Gasteiger partial charge on any atom is -0.232 e. The van der Waals surface area contributed by atoms with Crippen molar-refractivity contribution in [3.05, 3.63) is 12.4 Å². The Labute approximate surface area is 75.8 Å². The zero-order valence-electron chi connectivity index (χ0n) is 7.89. The molecule has 2 heterocycles. The van der Waals surface area contributed by atoms with E-state index in [0.717, 1.165) is 5.65 Å². The summed E-state index contributed by atoms with van der Waals surface area (Å²) in [6.07, 6.45) is 3.26. The molecule has 2 aromatic rings. The first-order chi connectivity index (χ1) is 6.09. The molecule has 68 valence electrons. The van der Waals surface area contributed by atoms with Gasteiger partial charge < -0.3 is 0 Å². The Morgan fingerprint density at radius 3 is 2.54 bits per heavy atom. The van der Waals surface area contributed by atoms with Gasteiger partial charge in [-0.2, -0.15) is 0 Å². The lowest BCUT2D eigenvalue weighted by Gasteiger charge is -2.17. The summed E-state index contributed by atoms with van der Waals surface area (Å²) in [6, 6.07) is 0. The summed E-state index contributed by atoms with van der Waals surface area (Å²) in [5, 5.41) is 7.93. The summed E-state index contributed by atoms with van der Waals surface area (Å²) in [5.74, 6) is 0. The lowest BCUT2D eigenvalue weighted by atomic mass is 10.1. The molecule has 13 heavy (non-hydrogen) atoms. The minimum absolute atomic E-state index is 0.106. The van der Waals surface area contributed by atoms with Crippen molar-refractivity contribution in [1.82, 2.24) is 25.0 Å². The molecule has 0 aromatic carbocycles. The van der Waals surface area contributed by atoms with Crippen LogP contribution < -0.4 is 0 Å². The number of fused-ring (bicyclic) bond motifs is 1. The van der Waals surface area contributed by atoms with Crippen molar-refractivity contribution >= 4 is 11.3 Å². The van der Waals surface area contributed by atoms with Gasteiger partial charge in [0.1, 0.15) is 0 Å². The normalized spacial score (nSPS) is 12.2. The van der Waals surface area contributed by atoms with E-state index in [9.17, 15) is 0 Å². The Morgan fingerprint density at radius 1 is 1.15 bits per heavy atom. The van der Waals surface area contributed by atoms with Crippen LogP contribution in [-0.2, 0) is 5.54 Å². The Balaban J connectivity index is 2.72. The molecule has 0 fully saturated rings. The predicted molar refractivity (Wildman–Crippen MR) is 48.1 cm³/mol. The molecular weight excluding hydrogens is 166 g/mol. The van der Waals surface area contributed by atoms with Crippen LogP contribution in [0.5, 0.6) is 0 Å². The molecule has 0 saturated heterocycles. The molecule has 0 N–H and O–H groups in total. The quantitative estimate of drug-likeness (QED) is 0.601. The van der Waals surface area contributed by atoms with Gasteiger partial charge in [-0.25, -0.2) is 14.6 Å². The van der Waals surface area contributed by atoms with Crippen molar-refractivity contribution < 1.29 is 0 Å². The molecule has 0 atom stereocenters. The maximum absolute atomic E-state index is 4.18. The second-order valence-electron chi connectivity index (χ2n) is 3.88. The highest BCUT2D eigenvalue weighted by molar-refractivity contribution is 5.63. The lowest BCUT2D eigenvalue weighted by molar-refractivity contribution is 0.356. The highest BCUT2D eigenvalue weighted by atomic mass is 15.5. The second kappa shape index (κ2) is 2.48. The van der Waals surface area contributed by atoms with Gasteiger partial charge >= 0.3 is 0 Å². The molecule has 0 saturated carbocycles. The van der Waals surface area contributed by atoms with Crippen LogP contribution in [0.25, 0.3) is 11.3 Å². The van der Waals surface area contributed by atoms with E-state index >= 15 is 0 Å². The smallest absolute Gasteiger partial charge is 0.221 e. The first kappa shape index (κ1) is 8.10. The molecule has 2 aromatic heterocycles. The van der Waals surface area contributed by atoms with Crippen molar-refractivity contribution in [2.24, 2.45) is 0 Å². The number of rotatable bonds is 0. The van der Waals surface area contributed by atoms with E-state index in [0.29, 0.717) is 5.65 Å². The Bertz CT molecular complexity index is 425. The van der Waals surface area contributed by atoms with E-state index in [-0.39, 0.29) is 5.54 Å². The van der Waals surface area contributed by atoms with Crippen LogP contribution in [0.2, 0.25) is 0 Å². The third-order valence-electron chi connectivity index (χ3n) is 1.73. The second-order valence-corrected chi connectivity index (χ2v) is 3.88. The van der Waals surface area contributed by atoms with E-state index in [1.807, 2.05) is 0 Å². The summed E-state index contributed by atoms with van der Waals surface area (Å²) in [5.41, 5.74) is 1.22. The lowest BCUT2D eigenvalue weighted by Crippen LogP contribution is -2.23. The highest BCUT2D eigenvalue weighted by Gasteiger charge is 2.18. The molecule has 5 heteroatoms. The van der Waals surface area contributed by atoms with Gasteiger partial charge in [-0.15, -0.1) is 5.10 Å². The monoisotopic (exact) mass is 177 g/mol. The maximum atomic E-state index is 4.18. The Morgan fingerprint density at radius 2 is 1.85 bits per heavy atom. The van der Waals surface area contributed by atoms with Gasteiger partial charge in [-0.3, -0.25) is 0 Å². The molecule has 0 unspecified atom stereocenters.